The summed E-state index contributed by atoms with van der Waals surface area (Å²) in [5.74, 6) is 0. The van der Waals surface area contributed by atoms with Crippen molar-refractivity contribution in [2.45, 2.75) is 40.2 Å². The zero-order valence-electron chi connectivity index (χ0n) is 12.2. The molecule has 0 aromatic heterocycles. The lowest BCUT2D eigenvalue weighted by atomic mass is 9.92. The van der Waals surface area contributed by atoms with Gasteiger partial charge < -0.3 is 10.2 Å². The quantitative estimate of drug-likeness (QED) is 0.862. The first kappa shape index (κ1) is 13.4. The van der Waals surface area contributed by atoms with Crippen molar-refractivity contribution in [3.05, 3.63) is 29.8 Å². The van der Waals surface area contributed by atoms with Crippen LogP contribution in [0.2, 0.25) is 0 Å². The molecule has 18 heavy (non-hydrogen) atoms. The molecule has 0 saturated carbocycles. The third kappa shape index (κ3) is 3.05. The highest BCUT2D eigenvalue weighted by atomic mass is 15.2. The molecule has 1 aromatic rings. The maximum atomic E-state index is 3.63. The maximum Gasteiger partial charge on any atom is 0.0399 e. The molecule has 1 aromatic carbocycles. The Kier molecular flexibility index (Phi) is 3.96. The summed E-state index contributed by atoms with van der Waals surface area (Å²) < 4.78 is 0. The summed E-state index contributed by atoms with van der Waals surface area (Å²) in [6.07, 6.45) is 1.11. The first-order valence-electron chi connectivity index (χ1n) is 7.08. The van der Waals surface area contributed by atoms with Crippen LogP contribution < -0.4 is 10.2 Å². The molecule has 0 amide bonds. The number of anilines is 1. The maximum absolute atomic E-state index is 3.63. The summed E-state index contributed by atoms with van der Waals surface area (Å²) in [7, 11) is 0. The average Bonchev–Trinajstić information content (AvgIpc) is 2.48. The Bertz CT molecular complexity index is 398. The minimum Gasteiger partial charge on any atom is -0.369 e. The van der Waals surface area contributed by atoms with Gasteiger partial charge in [-0.15, -0.1) is 0 Å². The van der Waals surface area contributed by atoms with Crippen LogP contribution in [0.5, 0.6) is 0 Å². The Morgan fingerprint density at radius 1 is 1.33 bits per heavy atom. The van der Waals surface area contributed by atoms with Crippen molar-refractivity contribution in [1.82, 2.24) is 5.32 Å². The third-order valence-corrected chi connectivity index (χ3v) is 3.76. The lowest BCUT2D eigenvalue weighted by Gasteiger charge is -2.32. The number of nitrogens with one attached hydrogen (secondary N) is 1. The van der Waals surface area contributed by atoms with Crippen molar-refractivity contribution in [1.29, 1.82) is 0 Å². The van der Waals surface area contributed by atoms with E-state index < -0.39 is 0 Å². The normalized spacial score (nSPS) is 23.8. The van der Waals surface area contributed by atoms with Crippen LogP contribution in [0.25, 0.3) is 0 Å². The smallest absolute Gasteiger partial charge is 0.0399 e. The van der Waals surface area contributed by atoms with Crippen LogP contribution in [-0.4, -0.2) is 25.7 Å². The Morgan fingerprint density at radius 3 is 2.78 bits per heavy atom. The minimum absolute atomic E-state index is 0.325. The summed E-state index contributed by atoms with van der Waals surface area (Å²) in [5, 5.41) is 3.63. The van der Waals surface area contributed by atoms with Gasteiger partial charge in [-0.1, -0.05) is 39.0 Å². The zero-order chi connectivity index (χ0) is 13.2. The second kappa shape index (κ2) is 5.31. The highest BCUT2D eigenvalue weighted by Crippen LogP contribution is 2.27. The van der Waals surface area contributed by atoms with Gasteiger partial charge in [-0.3, -0.25) is 0 Å². The standard InChI is InChI=1S/C16H26N2/c1-5-14-8-6-7-9-15(14)18-10-13(2)17-11-16(3,4)12-18/h6-9,13,17H,5,10-12H2,1-4H3. The number of para-hydroxylation sites is 1. The van der Waals surface area contributed by atoms with Gasteiger partial charge in [0, 0.05) is 31.4 Å². The Hall–Kier alpha value is -1.02. The summed E-state index contributed by atoms with van der Waals surface area (Å²) in [5.41, 5.74) is 3.21. The molecule has 1 aliphatic heterocycles. The summed E-state index contributed by atoms with van der Waals surface area (Å²) in [6, 6.07) is 9.38. The van der Waals surface area contributed by atoms with E-state index in [-0.39, 0.29) is 0 Å². The molecule has 0 aliphatic carbocycles. The van der Waals surface area contributed by atoms with Crippen LogP contribution in [0.15, 0.2) is 24.3 Å². The van der Waals surface area contributed by atoms with Crippen LogP contribution in [0.4, 0.5) is 5.69 Å². The lowest BCUT2D eigenvalue weighted by Crippen LogP contribution is -2.36. The van der Waals surface area contributed by atoms with Crippen molar-refractivity contribution in [2.24, 2.45) is 5.41 Å². The molecule has 1 heterocycles. The van der Waals surface area contributed by atoms with Gasteiger partial charge in [0.25, 0.3) is 0 Å². The number of hydrogen-bond donors (Lipinski definition) is 1. The molecule has 1 saturated heterocycles. The van der Waals surface area contributed by atoms with Crippen molar-refractivity contribution < 1.29 is 0 Å². The van der Waals surface area contributed by atoms with E-state index in [0.717, 1.165) is 26.1 Å². The van der Waals surface area contributed by atoms with E-state index >= 15 is 0 Å². The van der Waals surface area contributed by atoms with E-state index in [4.69, 9.17) is 0 Å². The molecule has 1 fully saturated rings. The van der Waals surface area contributed by atoms with Gasteiger partial charge in [-0.25, -0.2) is 0 Å². The van der Waals surface area contributed by atoms with E-state index in [1.807, 2.05) is 0 Å². The van der Waals surface area contributed by atoms with Crippen LogP contribution in [-0.2, 0) is 6.42 Å². The highest BCUT2D eigenvalue weighted by molar-refractivity contribution is 5.54. The summed E-state index contributed by atoms with van der Waals surface area (Å²) >= 11 is 0. The summed E-state index contributed by atoms with van der Waals surface area (Å²) in [4.78, 5) is 2.56. The van der Waals surface area contributed by atoms with Crippen molar-refractivity contribution >= 4 is 5.69 Å². The molecule has 1 atom stereocenters. The van der Waals surface area contributed by atoms with Crippen LogP contribution >= 0.6 is 0 Å². The van der Waals surface area contributed by atoms with Crippen molar-refractivity contribution in [3.8, 4) is 0 Å². The minimum atomic E-state index is 0.325. The molecule has 100 valence electrons. The molecule has 2 heteroatoms. The monoisotopic (exact) mass is 246 g/mol. The molecule has 0 bridgehead atoms. The van der Waals surface area contributed by atoms with Gasteiger partial charge in [0.05, 0.1) is 0 Å². The Morgan fingerprint density at radius 2 is 2.06 bits per heavy atom. The van der Waals surface area contributed by atoms with Gasteiger partial charge in [-0.2, -0.15) is 0 Å². The highest BCUT2D eigenvalue weighted by Gasteiger charge is 2.27. The number of benzene rings is 1. The number of rotatable bonds is 2. The topological polar surface area (TPSA) is 15.3 Å². The van der Waals surface area contributed by atoms with Crippen LogP contribution in [0.1, 0.15) is 33.3 Å². The lowest BCUT2D eigenvalue weighted by molar-refractivity contribution is 0.362. The van der Waals surface area contributed by atoms with E-state index in [1.54, 1.807) is 0 Å². The van der Waals surface area contributed by atoms with E-state index in [9.17, 15) is 0 Å². The summed E-state index contributed by atoms with van der Waals surface area (Å²) in [6.45, 7) is 12.5. The predicted molar refractivity (Wildman–Crippen MR) is 79.3 cm³/mol. The Balaban J connectivity index is 2.29. The van der Waals surface area contributed by atoms with E-state index in [2.05, 4.69) is 62.2 Å². The van der Waals surface area contributed by atoms with E-state index in [1.165, 1.54) is 11.3 Å². The van der Waals surface area contributed by atoms with Crippen molar-refractivity contribution in [2.75, 3.05) is 24.5 Å². The third-order valence-electron chi connectivity index (χ3n) is 3.76. The Labute approximate surface area is 111 Å². The molecule has 0 spiro atoms. The first-order chi connectivity index (χ1) is 8.52. The fourth-order valence-electron chi connectivity index (χ4n) is 2.78. The largest absolute Gasteiger partial charge is 0.369 e. The van der Waals surface area contributed by atoms with Gasteiger partial charge in [0.15, 0.2) is 0 Å². The SMILES string of the molecule is CCc1ccccc1N1CC(C)NCC(C)(C)C1. The molecule has 1 unspecified atom stereocenters. The molecular weight excluding hydrogens is 220 g/mol. The molecule has 2 nitrogen and oxygen atoms in total. The van der Waals surface area contributed by atoms with Gasteiger partial charge >= 0.3 is 0 Å². The molecule has 0 radical (unpaired) electrons. The van der Waals surface area contributed by atoms with Gasteiger partial charge in [-0.05, 0) is 30.4 Å². The first-order valence-corrected chi connectivity index (χ1v) is 7.08. The molecular formula is C16H26N2. The second-order valence-electron chi connectivity index (χ2n) is 6.31. The van der Waals surface area contributed by atoms with Crippen LogP contribution in [0.3, 0.4) is 0 Å². The molecule has 1 aliphatic rings. The number of aryl methyl sites for hydroxylation is 1. The zero-order valence-corrected chi connectivity index (χ0v) is 12.2. The average molecular weight is 246 g/mol. The molecule has 1 N–H and O–H groups in total. The van der Waals surface area contributed by atoms with Gasteiger partial charge in [0.2, 0.25) is 0 Å². The van der Waals surface area contributed by atoms with E-state index in [0.29, 0.717) is 11.5 Å². The predicted octanol–water partition coefficient (Wildman–Crippen LogP) is 3.07. The fourth-order valence-corrected chi connectivity index (χ4v) is 2.78. The number of nitrogens with zero attached hydrogens (tertiary/aromatic N) is 1. The second-order valence-corrected chi connectivity index (χ2v) is 6.31. The van der Waals surface area contributed by atoms with Crippen LogP contribution in [0, 0.1) is 5.41 Å². The van der Waals surface area contributed by atoms with Crippen molar-refractivity contribution in [3.63, 3.8) is 0 Å². The number of hydrogen-bond acceptors (Lipinski definition) is 2. The van der Waals surface area contributed by atoms with Gasteiger partial charge in [0.1, 0.15) is 0 Å². The fraction of sp³-hybridized carbons (Fsp3) is 0.625. The molecule has 2 rings (SSSR count).